The number of hydrogen-bond acceptors (Lipinski definition) is 3. The number of hydrogen-bond donors (Lipinski definition) is 2. The predicted octanol–water partition coefficient (Wildman–Crippen LogP) is 4.53. The van der Waals surface area contributed by atoms with E-state index in [0.29, 0.717) is 11.4 Å². The van der Waals surface area contributed by atoms with Gasteiger partial charge in [-0.2, -0.15) is 0 Å². The number of benzene rings is 2. The first kappa shape index (κ1) is 20.8. The van der Waals surface area contributed by atoms with Crippen molar-refractivity contribution in [3.63, 3.8) is 0 Å². The average molecular weight is 421 g/mol. The van der Waals surface area contributed by atoms with Crippen LogP contribution in [0.3, 0.4) is 0 Å². The van der Waals surface area contributed by atoms with E-state index in [2.05, 4.69) is 11.4 Å². The third-order valence-corrected chi connectivity index (χ3v) is 6.64. The smallest absolute Gasteiger partial charge is 0.303 e. The minimum atomic E-state index is -1.33. The minimum Gasteiger partial charge on any atom is -0.481 e. The molecule has 0 spiro atoms. The summed E-state index contributed by atoms with van der Waals surface area (Å²) in [4.78, 5) is 11.3. The first-order valence-electron chi connectivity index (χ1n) is 9.48. The van der Waals surface area contributed by atoms with Crippen molar-refractivity contribution in [2.45, 2.75) is 43.0 Å². The molecule has 2 N–H and O–H groups in total. The summed E-state index contributed by atoms with van der Waals surface area (Å²) in [6.45, 7) is 0.796. The van der Waals surface area contributed by atoms with Crippen LogP contribution in [-0.4, -0.2) is 28.9 Å². The fourth-order valence-corrected chi connectivity index (χ4v) is 5.03. The van der Waals surface area contributed by atoms with Crippen LogP contribution in [-0.2, 0) is 15.8 Å². The summed E-state index contributed by atoms with van der Waals surface area (Å²) in [5.41, 5.74) is 3.00. The zero-order chi connectivity index (χ0) is 20.1. The van der Waals surface area contributed by atoms with Gasteiger partial charge in [0.1, 0.15) is 0 Å². The lowest BCUT2D eigenvalue weighted by Crippen LogP contribution is -2.24. The average Bonchev–Trinajstić information content (AvgIpc) is 2.76. The number of carboxylic acids is 1. The number of halogens is 1. The zero-order valence-corrected chi connectivity index (χ0v) is 17.4. The molecule has 150 valence electrons. The molecule has 2 atom stereocenters. The molecule has 3 rings (SSSR count). The van der Waals surface area contributed by atoms with Gasteiger partial charge in [0.2, 0.25) is 0 Å². The first-order chi connectivity index (χ1) is 13.5. The molecule has 1 aliphatic heterocycles. The van der Waals surface area contributed by atoms with Crippen LogP contribution in [0.4, 0.5) is 5.69 Å². The molecular weight excluding hydrogens is 396 g/mol. The number of anilines is 1. The van der Waals surface area contributed by atoms with Crippen molar-refractivity contribution in [3.05, 3.63) is 58.6 Å². The highest BCUT2D eigenvalue weighted by molar-refractivity contribution is 7.86. The molecule has 2 aromatic rings. The molecule has 0 amide bonds. The fraction of sp³-hybridized carbons (Fsp3) is 0.381. The van der Waals surface area contributed by atoms with Crippen molar-refractivity contribution in [1.29, 1.82) is 0 Å². The van der Waals surface area contributed by atoms with E-state index in [1.54, 1.807) is 10.4 Å². The van der Waals surface area contributed by atoms with E-state index in [4.69, 9.17) is 16.7 Å². The number of nitrogens with zero attached hydrogens (tertiary/aromatic N) is 1. The van der Waals surface area contributed by atoms with Gasteiger partial charge in [-0.1, -0.05) is 48.7 Å². The van der Waals surface area contributed by atoms with Gasteiger partial charge in [-0.3, -0.25) is 9.10 Å². The van der Waals surface area contributed by atoms with E-state index >= 15 is 0 Å². The van der Waals surface area contributed by atoms with Gasteiger partial charge >= 0.3 is 5.97 Å². The summed E-state index contributed by atoms with van der Waals surface area (Å²) in [6.07, 6.45) is 3.80. The van der Waals surface area contributed by atoms with Crippen LogP contribution in [0.2, 0.25) is 5.02 Å². The first-order valence-corrected chi connectivity index (χ1v) is 11.0. The van der Waals surface area contributed by atoms with Crippen LogP contribution in [0, 0.1) is 0 Å². The van der Waals surface area contributed by atoms with Crippen molar-refractivity contribution in [3.8, 4) is 0 Å². The number of carbonyl (C=O) groups is 1. The summed E-state index contributed by atoms with van der Waals surface area (Å²) in [5.74, 6) is -0.736. The number of carboxylic acid groups (broad SMARTS) is 1. The Morgan fingerprint density at radius 1 is 1.14 bits per heavy atom. The second kappa shape index (κ2) is 9.54. The predicted molar refractivity (Wildman–Crippen MR) is 113 cm³/mol. The number of unbranched alkanes of at least 4 members (excludes halogenated alkanes) is 3. The minimum absolute atomic E-state index is 0.0728. The molecule has 1 heterocycles. The SMILES string of the molecule is CN1c2ccccc2C(NCCCCCCC(=O)O)c2ccc(Cl)cc2S1=O. The van der Waals surface area contributed by atoms with Gasteiger partial charge in [-0.05, 0) is 48.7 Å². The van der Waals surface area contributed by atoms with Gasteiger partial charge in [-0.25, -0.2) is 4.21 Å². The summed E-state index contributed by atoms with van der Waals surface area (Å²) in [6, 6.07) is 13.5. The Hall–Kier alpha value is -1.89. The quantitative estimate of drug-likeness (QED) is 0.615. The molecule has 28 heavy (non-hydrogen) atoms. The van der Waals surface area contributed by atoms with E-state index in [0.717, 1.165) is 47.5 Å². The van der Waals surface area contributed by atoms with E-state index in [1.807, 2.05) is 37.4 Å². The van der Waals surface area contributed by atoms with Crippen LogP contribution < -0.4 is 9.62 Å². The lowest BCUT2D eigenvalue weighted by Gasteiger charge is -2.22. The third-order valence-electron chi connectivity index (χ3n) is 4.98. The van der Waals surface area contributed by atoms with Crippen molar-refractivity contribution >= 4 is 34.2 Å². The van der Waals surface area contributed by atoms with E-state index < -0.39 is 17.0 Å². The normalized spacial score (nSPS) is 18.3. The highest BCUT2D eigenvalue weighted by atomic mass is 35.5. The molecule has 2 unspecified atom stereocenters. The number of aliphatic carboxylic acids is 1. The maximum atomic E-state index is 13.1. The van der Waals surface area contributed by atoms with Gasteiger partial charge in [-0.15, -0.1) is 0 Å². The summed E-state index contributed by atoms with van der Waals surface area (Å²) in [5, 5.41) is 12.9. The molecule has 0 saturated carbocycles. The van der Waals surface area contributed by atoms with Gasteiger partial charge in [0.25, 0.3) is 0 Å². The largest absolute Gasteiger partial charge is 0.481 e. The Kier molecular flexibility index (Phi) is 7.10. The molecule has 1 aliphatic rings. The Morgan fingerprint density at radius 2 is 1.89 bits per heavy atom. The number of fused-ring (bicyclic) bond motifs is 2. The van der Waals surface area contributed by atoms with Crippen LogP contribution in [0.1, 0.15) is 49.3 Å². The van der Waals surface area contributed by atoms with Crippen molar-refractivity contribution in [1.82, 2.24) is 5.32 Å². The Bertz CT molecular complexity index is 874. The zero-order valence-electron chi connectivity index (χ0n) is 15.9. The van der Waals surface area contributed by atoms with Gasteiger partial charge in [0.15, 0.2) is 11.0 Å². The molecule has 7 heteroatoms. The Morgan fingerprint density at radius 3 is 2.68 bits per heavy atom. The van der Waals surface area contributed by atoms with Crippen LogP contribution in [0.5, 0.6) is 0 Å². The van der Waals surface area contributed by atoms with E-state index in [9.17, 15) is 9.00 Å². The highest BCUT2D eigenvalue weighted by Gasteiger charge is 2.29. The topological polar surface area (TPSA) is 69.6 Å². The lowest BCUT2D eigenvalue weighted by molar-refractivity contribution is -0.137. The second-order valence-corrected chi connectivity index (χ2v) is 8.85. The molecule has 5 nitrogen and oxygen atoms in total. The van der Waals surface area contributed by atoms with Gasteiger partial charge in [0, 0.05) is 18.5 Å². The van der Waals surface area contributed by atoms with Crippen LogP contribution >= 0.6 is 11.6 Å². The Labute approximate surface area is 173 Å². The molecule has 0 fully saturated rings. The second-order valence-electron chi connectivity index (χ2n) is 6.93. The van der Waals surface area contributed by atoms with Gasteiger partial charge < -0.3 is 10.4 Å². The molecule has 0 aliphatic carbocycles. The number of rotatable bonds is 8. The molecule has 0 aromatic heterocycles. The molecular formula is C21H25ClN2O3S. The fourth-order valence-electron chi connectivity index (χ4n) is 3.54. The van der Waals surface area contributed by atoms with E-state index in [1.165, 1.54) is 0 Å². The van der Waals surface area contributed by atoms with Crippen molar-refractivity contribution in [2.24, 2.45) is 0 Å². The Balaban J connectivity index is 1.78. The van der Waals surface area contributed by atoms with Gasteiger partial charge in [0.05, 0.1) is 16.6 Å². The lowest BCUT2D eigenvalue weighted by atomic mass is 9.96. The van der Waals surface area contributed by atoms with Crippen molar-refractivity contribution < 1.29 is 14.1 Å². The maximum Gasteiger partial charge on any atom is 0.303 e. The summed E-state index contributed by atoms with van der Waals surface area (Å²) in [7, 11) is 0.505. The summed E-state index contributed by atoms with van der Waals surface area (Å²) >= 11 is 6.18. The molecule has 2 aromatic carbocycles. The molecule has 0 saturated heterocycles. The standard InChI is InChI=1S/C21H25ClN2O3S/c1-24-18-9-6-5-8-16(18)21(23-13-7-3-2-4-10-20(25)26)17-12-11-15(22)14-19(17)28(24)27/h5-6,8-9,11-12,14,21,23H,2-4,7,10,13H2,1H3,(H,25,26). The molecule has 0 bridgehead atoms. The number of para-hydroxylation sites is 1. The van der Waals surface area contributed by atoms with E-state index in [-0.39, 0.29) is 12.5 Å². The van der Waals surface area contributed by atoms with Crippen LogP contribution in [0.25, 0.3) is 0 Å². The third kappa shape index (κ3) is 4.74. The summed E-state index contributed by atoms with van der Waals surface area (Å²) < 4.78 is 14.9. The highest BCUT2D eigenvalue weighted by Crippen LogP contribution is 2.39. The van der Waals surface area contributed by atoms with Crippen LogP contribution in [0.15, 0.2) is 47.4 Å². The maximum absolute atomic E-state index is 13.1. The number of nitrogens with one attached hydrogen (secondary N) is 1. The van der Waals surface area contributed by atoms with Crippen molar-refractivity contribution in [2.75, 3.05) is 17.9 Å². The molecule has 0 radical (unpaired) electrons. The monoisotopic (exact) mass is 420 g/mol.